The lowest BCUT2D eigenvalue weighted by molar-refractivity contribution is 0.329. The molecule has 1 aromatic heterocycles. The quantitative estimate of drug-likeness (QED) is 0.791. The number of nitrogens with one attached hydrogen (secondary N) is 1. The first kappa shape index (κ1) is 15.2. The van der Waals surface area contributed by atoms with Crippen LogP contribution in [0.4, 0.5) is 0 Å². The highest BCUT2D eigenvalue weighted by molar-refractivity contribution is 5.89. The first-order chi connectivity index (χ1) is 10.5. The van der Waals surface area contributed by atoms with Crippen LogP contribution in [0.2, 0.25) is 0 Å². The number of H-pyrrole nitrogens is 1. The summed E-state index contributed by atoms with van der Waals surface area (Å²) in [5.74, 6) is 0.403. The second kappa shape index (κ2) is 6.17. The fourth-order valence-corrected chi connectivity index (χ4v) is 3.01. The van der Waals surface area contributed by atoms with Crippen LogP contribution in [0.3, 0.4) is 0 Å². The number of allylic oxidation sites excluding steroid dienone is 2. The van der Waals surface area contributed by atoms with E-state index < -0.39 is 0 Å². The molecule has 118 valence electrons. The molecule has 2 aromatic rings. The zero-order valence-corrected chi connectivity index (χ0v) is 13.8. The van der Waals surface area contributed by atoms with E-state index in [1.54, 1.807) is 0 Å². The van der Waals surface area contributed by atoms with Crippen molar-refractivity contribution in [2.75, 3.05) is 13.6 Å². The number of phenolic OH excluding ortho intramolecular Hbond substituents is 1. The first-order valence-electron chi connectivity index (χ1n) is 8.20. The average Bonchev–Trinajstić information content (AvgIpc) is 3.24. The molecule has 0 saturated heterocycles. The number of aromatic hydroxyl groups is 1. The number of fused-ring (bicyclic) bond motifs is 1. The van der Waals surface area contributed by atoms with E-state index in [4.69, 9.17) is 0 Å². The van der Waals surface area contributed by atoms with Gasteiger partial charge in [0, 0.05) is 29.7 Å². The molecular formula is C19H26N2O. The SMILES string of the molecule is CC(C)=CCc1cc(O)c2c(CCN(C)C3CC3)c[nH]c2c1. The Morgan fingerprint density at radius 2 is 2.14 bits per heavy atom. The number of hydrogen-bond acceptors (Lipinski definition) is 2. The highest BCUT2D eigenvalue weighted by Gasteiger charge is 2.25. The number of aromatic amines is 1. The molecule has 0 spiro atoms. The van der Waals surface area contributed by atoms with Gasteiger partial charge in [0.2, 0.25) is 0 Å². The predicted octanol–water partition coefficient (Wildman–Crippen LogP) is 4.02. The van der Waals surface area contributed by atoms with Gasteiger partial charge >= 0.3 is 0 Å². The van der Waals surface area contributed by atoms with Crippen LogP contribution < -0.4 is 0 Å². The van der Waals surface area contributed by atoms with Crippen LogP contribution in [0, 0.1) is 0 Å². The number of likely N-dealkylation sites (N-methyl/N-ethyl adjacent to an activating group) is 1. The fourth-order valence-electron chi connectivity index (χ4n) is 3.01. The van der Waals surface area contributed by atoms with Crippen molar-refractivity contribution in [3.05, 3.63) is 41.1 Å². The van der Waals surface area contributed by atoms with Gasteiger partial charge < -0.3 is 15.0 Å². The third-order valence-electron chi connectivity index (χ3n) is 4.55. The monoisotopic (exact) mass is 298 g/mol. The third kappa shape index (κ3) is 3.36. The molecule has 1 aliphatic carbocycles. The van der Waals surface area contributed by atoms with E-state index in [1.165, 1.54) is 24.0 Å². The molecule has 2 N–H and O–H groups in total. The predicted molar refractivity (Wildman–Crippen MR) is 92.5 cm³/mol. The summed E-state index contributed by atoms with van der Waals surface area (Å²) >= 11 is 0. The van der Waals surface area contributed by atoms with Gasteiger partial charge in [-0.3, -0.25) is 0 Å². The number of benzene rings is 1. The molecule has 22 heavy (non-hydrogen) atoms. The van der Waals surface area contributed by atoms with Gasteiger partial charge in [-0.05, 0) is 69.8 Å². The van der Waals surface area contributed by atoms with Crippen LogP contribution in [0.5, 0.6) is 5.75 Å². The lowest BCUT2D eigenvalue weighted by Gasteiger charge is -2.15. The van der Waals surface area contributed by atoms with E-state index in [-0.39, 0.29) is 0 Å². The summed E-state index contributed by atoms with van der Waals surface area (Å²) in [5.41, 5.74) is 4.71. The number of nitrogens with zero attached hydrogens (tertiary/aromatic N) is 1. The molecule has 1 aliphatic rings. The van der Waals surface area contributed by atoms with Gasteiger partial charge in [0.05, 0.1) is 0 Å². The minimum Gasteiger partial charge on any atom is -0.507 e. The van der Waals surface area contributed by atoms with Crippen molar-refractivity contribution < 1.29 is 5.11 Å². The van der Waals surface area contributed by atoms with Gasteiger partial charge in [0.15, 0.2) is 0 Å². The fraction of sp³-hybridized carbons (Fsp3) is 0.474. The summed E-state index contributed by atoms with van der Waals surface area (Å²) in [7, 11) is 2.20. The van der Waals surface area contributed by atoms with Gasteiger partial charge in [-0.1, -0.05) is 11.6 Å². The molecule has 1 heterocycles. The zero-order chi connectivity index (χ0) is 15.7. The molecule has 0 amide bonds. The molecule has 0 unspecified atom stereocenters. The smallest absolute Gasteiger partial charge is 0.125 e. The van der Waals surface area contributed by atoms with E-state index >= 15 is 0 Å². The van der Waals surface area contributed by atoms with Crippen molar-refractivity contribution in [3.63, 3.8) is 0 Å². The molecule has 0 bridgehead atoms. The molecular weight excluding hydrogens is 272 g/mol. The van der Waals surface area contributed by atoms with Gasteiger partial charge in [-0.15, -0.1) is 0 Å². The molecule has 3 heteroatoms. The highest BCUT2D eigenvalue weighted by atomic mass is 16.3. The molecule has 0 aliphatic heterocycles. The van der Waals surface area contributed by atoms with Crippen LogP contribution in [0.1, 0.15) is 37.8 Å². The largest absolute Gasteiger partial charge is 0.507 e. The number of rotatable bonds is 6. The topological polar surface area (TPSA) is 39.3 Å². The Morgan fingerprint density at radius 1 is 1.36 bits per heavy atom. The third-order valence-corrected chi connectivity index (χ3v) is 4.55. The number of hydrogen-bond donors (Lipinski definition) is 2. The first-order valence-corrected chi connectivity index (χ1v) is 8.20. The van der Waals surface area contributed by atoms with Crippen LogP contribution >= 0.6 is 0 Å². The Labute approximate surface area is 132 Å². The summed E-state index contributed by atoms with van der Waals surface area (Å²) in [6, 6.07) is 4.85. The van der Waals surface area contributed by atoms with Gasteiger partial charge in [0.1, 0.15) is 5.75 Å². The number of aromatic nitrogens is 1. The lowest BCUT2D eigenvalue weighted by Crippen LogP contribution is -2.23. The van der Waals surface area contributed by atoms with Crippen molar-refractivity contribution in [2.45, 2.75) is 45.6 Å². The normalized spacial score (nSPS) is 14.7. The molecule has 3 rings (SSSR count). The van der Waals surface area contributed by atoms with Crippen molar-refractivity contribution in [1.82, 2.24) is 9.88 Å². The molecule has 3 nitrogen and oxygen atoms in total. The summed E-state index contributed by atoms with van der Waals surface area (Å²) in [5, 5.41) is 11.4. The van der Waals surface area contributed by atoms with Gasteiger partial charge in [-0.25, -0.2) is 0 Å². The van der Waals surface area contributed by atoms with E-state index in [2.05, 4.69) is 49.1 Å². The molecule has 0 atom stereocenters. The summed E-state index contributed by atoms with van der Waals surface area (Å²) in [6.07, 6.45) is 8.76. The van der Waals surface area contributed by atoms with Crippen molar-refractivity contribution in [3.8, 4) is 5.75 Å². The number of phenols is 1. The van der Waals surface area contributed by atoms with Gasteiger partial charge in [0.25, 0.3) is 0 Å². The maximum absolute atomic E-state index is 10.4. The van der Waals surface area contributed by atoms with E-state index in [1.807, 2.05) is 6.07 Å². The summed E-state index contributed by atoms with van der Waals surface area (Å²) < 4.78 is 0. The van der Waals surface area contributed by atoms with Crippen LogP contribution in [-0.2, 0) is 12.8 Å². The van der Waals surface area contributed by atoms with E-state index in [0.717, 1.165) is 41.9 Å². The molecule has 1 saturated carbocycles. The molecule has 1 aromatic carbocycles. The van der Waals surface area contributed by atoms with Crippen molar-refractivity contribution in [2.24, 2.45) is 0 Å². The van der Waals surface area contributed by atoms with E-state index in [0.29, 0.717) is 5.75 Å². The summed E-state index contributed by atoms with van der Waals surface area (Å²) in [6.45, 7) is 5.25. The second-order valence-electron chi connectivity index (χ2n) is 6.80. The van der Waals surface area contributed by atoms with Crippen molar-refractivity contribution >= 4 is 10.9 Å². The average molecular weight is 298 g/mol. The lowest BCUT2D eigenvalue weighted by atomic mass is 10.0. The Bertz CT molecular complexity index is 691. The summed E-state index contributed by atoms with van der Waals surface area (Å²) in [4.78, 5) is 5.76. The zero-order valence-electron chi connectivity index (χ0n) is 13.8. The van der Waals surface area contributed by atoms with Crippen LogP contribution in [0.25, 0.3) is 10.9 Å². The Hall–Kier alpha value is -1.74. The Morgan fingerprint density at radius 3 is 2.82 bits per heavy atom. The van der Waals surface area contributed by atoms with Crippen LogP contribution in [0.15, 0.2) is 30.0 Å². The minimum absolute atomic E-state index is 0.403. The van der Waals surface area contributed by atoms with E-state index in [9.17, 15) is 5.11 Å². The molecule has 0 radical (unpaired) electrons. The maximum atomic E-state index is 10.4. The Kier molecular flexibility index (Phi) is 4.25. The minimum atomic E-state index is 0.403. The van der Waals surface area contributed by atoms with Crippen molar-refractivity contribution in [1.29, 1.82) is 0 Å². The van der Waals surface area contributed by atoms with Gasteiger partial charge in [-0.2, -0.15) is 0 Å². The standard InChI is InChI=1S/C19H26N2O/c1-13(2)4-5-14-10-17-19(18(22)11-14)15(12-20-17)8-9-21(3)16-6-7-16/h4,10-12,16,20,22H,5-9H2,1-3H3. The highest BCUT2D eigenvalue weighted by Crippen LogP contribution is 2.31. The molecule has 1 fully saturated rings. The Balaban J connectivity index is 1.79. The van der Waals surface area contributed by atoms with Crippen LogP contribution in [-0.4, -0.2) is 34.6 Å². The maximum Gasteiger partial charge on any atom is 0.125 e. The second-order valence-corrected chi connectivity index (χ2v) is 6.80.